The van der Waals surface area contributed by atoms with Crippen LogP contribution in [0.5, 0.6) is 0 Å². The highest BCUT2D eigenvalue weighted by Gasteiger charge is 2.49. The first-order valence-corrected chi connectivity index (χ1v) is 15.6. The molecule has 1 aromatic carbocycles. The van der Waals surface area contributed by atoms with Crippen molar-refractivity contribution in [3.63, 3.8) is 0 Å². The minimum Gasteiger partial charge on any atom is -0.356 e. The van der Waals surface area contributed by atoms with Gasteiger partial charge >= 0.3 is 0 Å². The van der Waals surface area contributed by atoms with E-state index in [0.29, 0.717) is 50.7 Å². The van der Waals surface area contributed by atoms with Crippen molar-refractivity contribution in [2.45, 2.75) is 89.6 Å². The lowest BCUT2D eigenvalue weighted by Crippen LogP contribution is -2.60. The van der Waals surface area contributed by atoms with Crippen molar-refractivity contribution in [3.8, 4) is 0 Å². The first-order valence-electron chi connectivity index (χ1n) is 15.6. The van der Waals surface area contributed by atoms with Crippen LogP contribution in [0.4, 0.5) is 4.39 Å². The van der Waals surface area contributed by atoms with Gasteiger partial charge in [-0.3, -0.25) is 14.4 Å². The van der Waals surface area contributed by atoms with E-state index in [2.05, 4.69) is 22.6 Å². The Hall–Kier alpha value is -2.48. The number of amides is 3. The third-order valence-corrected chi connectivity index (χ3v) is 10.5. The zero-order valence-corrected chi connectivity index (χ0v) is 24.3. The fourth-order valence-corrected chi connectivity index (χ4v) is 8.25. The van der Waals surface area contributed by atoms with Gasteiger partial charge in [0.1, 0.15) is 11.9 Å². The molecule has 3 aliphatic heterocycles. The van der Waals surface area contributed by atoms with Gasteiger partial charge in [0, 0.05) is 38.6 Å². The zero-order valence-electron chi connectivity index (χ0n) is 24.3. The molecular weight excluding hydrogens is 507 g/mol. The Morgan fingerprint density at radius 2 is 1.73 bits per heavy atom. The number of likely N-dealkylation sites (tertiary alicyclic amines) is 1. The molecule has 5 fully saturated rings. The van der Waals surface area contributed by atoms with Crippen LogP contribution in [0, 0.1) is 29.0 Å². The van der Waals surface area contributed by atoms with Crippen molar-refractivity contribution in [2.24, 2.45) is 23.2 Å². The highest BCUT2D eigenvalue weighted by molar-refractivity contribution is 5.90. The second-order valence-electron chi connectivity index (χ2n) is 12.9. The van der Waals surface area contributed by atoms with E-state index in [-0.39, 0.29) is 35.5 Å². The largest absolute Gasteiger partial charge is 0.356 e. The number of benzene rings is 1. The van der Waals surface area contributed by atoms with Gasteiger partial charge in [0.05, 0.1) is 11.3 Å². The molecule has 6 rings (SSSR count). The van der Waals surface area contributed by atoms with Crippen LogP contribution in [0.3, 0.4) is 0 Å². The number of nitrogens with one attached hydrogen (secondary N) is 2. The molecule has 0 unspecified atom stereocenters. The Labute approximate surface area is 238 Å². The number of fused-ring (bicyclic) bond motifs is 3. The average Bonchev–Trinajstić information content (AvgIpc) is 2.98. The van der Waals surface area contributed by atoms with Crippen LogP contribution in [0.25, 0.3) is 0 Å². The number of hydrogen-bond donors (Lipinski definition) is 2. The van der Waals surface area contributed by atoms with Crippen molar-refractivity contribution < 1.29 is 18.8 Å². The molecule has 0 aromatic heterocycles. The van der Waals surface area contributed by atoms with Gasteiger partial charge in [-0.05, 0) is 88.4 Å². The van der Waals surface area contributed by atoms with Crippen LogP contribution in [-0.4, -0.2) is 72.8 Å². The fraction of sp³-hybridized carbons (Fsp3) is 0.719. The Bertz CT molecular complexity index is 1050. The lowest BCUT2D eigenvalue weighted by Gasteiger charge is -2.48. The van der Waals surface area contributed by atoms with E-state index in [1.807, 2.05) is 11.8 Å². The maximum absolute atomic E-state index is 14.0. The molecule has 7 nitrogen and oxygen atoms in total. The third kappa shape index (κ3) is 6.07. The van der Waals surface area contributed by atoms with Crippen molar-refractivity contribution in [1.29, 1.82) is 0 Å². The molecular formula is C32H47FN4O3. The lowest BCUT2D eigenvalue weighted by atomic mass is 9.63. The van der Waals surface area contributed by atoms with E-state index in [1.54, 1.807) is 12.1 Å². The van der Waals surface area contributed by atoms with E-state index >= 15 is 0 Å². The highest BCUT2D eigenvalue weighted by Crippen LogP contribution is 2.46. The number of carbonyl (C=O) groups excluding carboxylic acids is 3. The maximum Gasteiger partial charge on any atom is 0.245 e. The van der Waals surface area contributed by atoms with E-state index < -0.39 is 11.5 Å². The van der Waals surface area contributed by atoms with Crippen molar-refractivity contribution in [1.82, 2.24) is 20.4 Å². The number of nitrogens with zero attached hydrogens (tertiary/aromatic N) is 2. The fourth-order valence-electron chi connectivity index (χ4n) is 8.25. The Morgan fingerprint density at radius 1 is 1.02 bits per heavy atom. The SMILES string of the molecule is CCNC(=O)C1(C2CCCCC2)CCN(C(=O)[C@@H](Cc2ccc(F)cc2)NC(=O)[C@H]2C[C@H]3CC[C@@H]2N(C)C3)CC1. The van der Waals surface area contributed by atoms with Gasteiger partial charge in [0.25, 0.3) is 0 Å². The molecule has 2 N–H and O–H groups in total. The van der Waals surface area contributed by atoms with Crippen molar-refractivity contribution >= 4 is 17.7 Å². The molecule has 3 saturated heterocycles. The van der Waals surface area contributed by atoms with Gasteiger partial charge in [-0.1, -0.05) is 31.4 Å². The van der Waals surface area contributed by atoms with E-state index in [9.17, 15) is 18.8 Å². The summed E-state index contributed by atoms with van der Waals surface area (Å²) in [5.74, 6) is 0.454. The molecule has 2 saturated carbocycles. The molecule has 8 heteroatoms. The van der Waals surface area contributed by atoms with Gasteiger partial charge in [-0.15, -0.1) is 0 Å². The Balaban J connectivity index is 1.31. The van der Waals surface area contributed by atoms with Crippen LogP contribution in [0.1, 0.15) is 76.7 Å². The van der Waals surface area contributed by atoms with Crippen LogP contribution in [0.2, 0.25) is 0 Å². The standard InChI is InChI=1S/C32H47FN4O3/c1-3-34-31(40)32(24-7-5-4-6-8-24)15-17-37(18-16-32)30(39)27(20-22-9-12-25(33)13-10-22)35-29(38)26-19-23-11-14-28(26)36(2)21-23/h9-10,12-13,23-24,26-28H,3-8,11,14-21H2,1-2H3,(H,34,40)(H,35,38)/t23-,26+,27-,28+/m1/s1. The second-order valence-corrected chi connectivity index (χ2v) is 12.9. The molecule has 0 spiro atoms. The summed E-state index contributed by atoms with van der Waals surface area (Å²) in [6, 6.07) is 5.69. The van der Waals surface area contributed by atoms with Crippen LogP contribution in [0.15, 0.2) is 24.3 Å². The van der Waals surface area contributed by atoms with Crippen LogP contribution >= 0.6 is 0 Å². The number of rotatable bonds is 8. The molecule has 1 aromatic rings. The Morgan fingerprint density at radius 3 is 2.35 bits per heavy atom. The Kier molecular flexibility index (Phi) is 9.13. The molecule has 40 heavy (non-hydrogen) atoms. The van der Waals surface area contributed by atoms with Gasteiger partial charge in [-0.2, -0.15) is 0 Å². The van der Waals surface area contributed by atoms with Crippen molar-refractivity contribution in [2.75, 3.05) is 33.2 Å². The summed E-state index contributed by atoms with van der Waals surface area (Å²) in [6.07, 6.45) is 10.4. The normalized spacial score (nSPS) is 27.7. The quantitative estimate of drug-likeness (QED) is 0.511. The predicted molar refractivity (Wildman–Crippen MR) is 153 cm³/mol. The predicted octanol–water partition coefficient (Wildman–Crippen LogP) is 3.91. The van der Waals surface area contributed by atoms with Crippen molar-refractivity contribution in [3.05, 3.63) is 35.6 Å². The summed E-state index contributed by atoms with van der Waals surface area (Å²) < 4.78 is 13.6. The van der Waals surface area contributed by atoms with Gasteiger partial charge in [0.2, 0.25) is 17.7 Å². The second kappa shape index (κ2) is 12.6. The average molecular weight is 555 g/mol. The monoisotopic (exact) mass is 554 g/mol. The summed E-state index contributed by atoms with van der Waals surface area (Å²) in [4.78, 5) is 45.2. The maximum atomic E-state index is 14.0. The van der Waals surface area contributed by atoms with E-state index in [0.717, 1.165) is 37.8 Å². The number of halogens is 1. The highest BCUT2D eigenvalue weighted by atomic mass is 19.1. The summed E-state index contributed by atoms with van der Waals surface area (Å²) in [6.45, 7) is 4.64. The van der Waals surface area contributed by atoms with Crippen LogP contribution < -0.4 is 10.6 Å². The van der Waals surface area contributed by atoms with Gasteiger partial charge in [0.15, 0.2) is 0 Å². The molecule has 5 aliphatic rings. The first kappa shape index (κ1) is 29.0. The number of hydrogen-bond acceptors (Lipinski definition) is 4. The first-order chi connectivity index (χ1) is 19.3. The zero-order chi connectivity index (χ0) is 28.3. The molecule has 3 amide bonds. The summed E-state index contributed by atoms with van der Waals surface area (Å²) in [7, 11) is 2.10. The molecule has 3 heterocycles. The lowest BCUT2D eigenvalue weighted by molar-refractivity contribution is -0.147. The van der Waals surface area contributed by atoms with Gasteiger partial charge < -0.3 is 20.4 Å². The number of piperidine rings is 3. The number of carbonyl (C=O) groups is 3. The topological polar surface area (TPSA) is 81.8 Å². The van der Waals surface area contributed by atoms with E-state index in [4.69, 9.17) is 0 Å². The smallest absolute Gasteiger partial charge is 0.245 e. The van der Waals surface area contributed by atoms with Crippen LogP contribution in [-0.2, 0) is 20.8 Å². The van der Waals surface area contributed by atoms with E-state index in [1.165, 1.54) is 37.8 Å². The van der Waals surface area contributed by atoms with Gasteiger partial charge in [-0.25, -0.2) is 4.39 Å². The summed E-state index contributed by atoms with van der Waals surface area (Å²) in [5, 5.41) is 6.25. The molecule has 2 bridgehead atoms. The summed E-state index contributed by atoms with van der Waals surface area (Å²) >= 11 is 0. The minimum absolute atomic E-state index is 0.0439. The molecule has 4 atom stereocenters. The minimum atomic E-state index is -0.713. The molecule has 0 radical (unpaired) electrons. The third-order valence-electron chi connectivity index (χ3n) is 10.5. The molecule has 220 valence electrons. The molecule has 2 aliphatic carbocycles. The summed E-state index contributed by atoms with van der Waals surface area (Å²) in [5.41, 5.74) is 0.396.